The highest BCUT2D eigenvalue weighted by Crippen LogP contribution is 2.31. The van der Waals surface area contributed by atoms with Crippen LogP contribution in [0.5, 0.6) is 5.75 Å². The summed E-state index contributed by atoms with van der Waals surface area (Å²) in [6, 6.07) is 7.89. The number of carbonyl (C=O) groups excluding carboxylic acids is 2. The molecule has 8 nitrogen and oxygen atoms in total. The Kier molecular flexibility index (Phi) is 7.10. The molecule has 0 aliphatic heterocycles. The summed E-state index contributed by atoms with van der Waals surface area (Å²) in [5.41, 5.74) is 0.148. The fourth-order valence-corrected chi connectivity index (χ4v) is 3.94. The second-order valence-electron chi connectivity index (χ2n) is 6.11. The molecule has 0 saturated heterocycles. The summed E-state index contributed by atoms with van der Waals surface area (Å²) >= 11 is 6.03. The van der Waals surface area contributed by atoms with Gasteiger partial charge in [0.25, 0.3) is 10.0 Å². The SMILES string of the molecule is COC(=O)c1ccc(Cl)c(S(=O)(=O)Nc2cc(C(=O)OC(C)C)ccc2OC)c1. The van der Waals surface area contributed by atoms with Gasteiger partial charge in [-0.2, -0.15) is 0 Å². The first-order chi connectivity index (χ1) is 13.6. The molecule has 1 N–H and O–H groups in total. The second kappa shape index (κ2) is 9.15. The van der Waals surface area contributed by atoms with Crippen molar-refractivity contribution in [2.24, 2.45) is 0 Å². The maximum Gasteiger partial charge on any atom is 0.338 e. The summed E-state index contributed by atoms with van der Waals surface area (Å²) in [5, 5.41) is -0.0977. The van der Waals surface area contributed by atoms with Gasteiger partial charge in [0.2, 0.25) is 0 Å². The number of hydrogen-bond donors (Lipinski definition) is 1. The number of anilines is 1. The normalized spacial score (nSPS) is 11.1. The first-order valence-corrected chi connectivity index (χ1v) is 10.2. The minimum atomic E-state index is -4.23. The van der Waals surface area contributed by atoms with Gasteiger partial charge in [0.15, 0.2) is 0 Å². The van der Waals surface area contributed by atoms with Gasteiger partial charge in [-0.15, -0.1) is 0 Å². The predicted octanol–water partition coefficient (Wildman–Crippen LogP) is 3.50. The van der Waals surface area contributed by atoms with Crippen molar-refractivity contribution in [2.45, 2.75) is 24.8 Å². The summed E-state index contributed by atoms with van der Waals surface area (Å²) < 4.78 is 43.0. The van der Waals surface area contributed by atoms with Crippen LogP contribution >= 0.6 is 11.6 Å². The molecule has 0 heterocycles. The van der Waals surface area contributed by atoms with E-state index >= 15 is 0 Å². The van der Waals surface area contributed by atoms with Crippen LogP contribution in [0, 0.1) is 0 Å². The molecule has 0 amide bonds. The van der Waals surface area contributed by atoms with Crippen molar-refractivity contribution >= 4 is 39.3 Å². The lowest BCUT2D eigenvalue weighted by molar-refractivity contribution is 0.0377. The Morgan fingerprint density at radius 1 is 1.00 bits per heavy atom. The first kappa shape index (κ1) is 22.5. The number of esters is 2. The number of methoxy groups -OCH3 is 2. The summed E-state index contributed by atoms with van der Waals surface area (Å²) in [6.07, 6.45) is -0.343. The van der Waals surface area contributed by atoms with Crippen molar-refractivity contribution in [1.82, 2.24) is 0 Å². The smallest absolute Gasteiger partial charge is 0.338 e. The number of benzene rings is 2. The van der Waals surface area contributed by atoms with Crippen molar-refractivity contribution in [1.29, 1.82) is 0 Å². The number of rotatable bonds is 7. The van der Waals surface area contributed by atoms with Crippen LogP contribution in [0.25, 0.3) is 0 Å². The van der Waals surface area contributed by atoms with Gasteiger partial charge in [0.05, 0.1) is 42.2 Å². The Morgan fingerprint density at radius 3 is 2.21 bits per heavy atom. The van der Waals surface area contributed by atoms with Crippen LogP contribution in [0.15, 0.2) is 41.3 Å². The Balaban J connectivity index is 2.46. The zero-order chi connectivity index (χ0) is 21.8. The number of nitrogens with one attached hydrogen (secondary N) is 1. The average Bonchev–Trinajstić information content (AvgIpc) is 2.66. The van der Waals surface area contributed by atoms with Gasteiger partial charge in [0, 0.05) is 0 Å². The predicted molar refractivity (Wildman–Crippen MR) is 107 cm³/mol. The number of halogens is 1. The molecule has 0 atom stereocenters. The van der Waals surface area contributed by atoms with Crippen LogP contribution < -0.4 is 9.46 Å². The van der Waals surface area contributed by atoms with Gasteiger partial charge in [-0.3, -0.25) is 4.72 Å². The molecule has 0 aliphatic carbocycles. The fraction of sp³-hybridized carbons (Fsp3) is 0.263. The molecule has 0 aromatic heterocycles. The van der Waals surface area contributed by atoms with Crippen LogP contribution in [0.2, 0.25) is 5.02 Å². The lowest BCUT2D eigenvalue weighted by Gasteiger charge is -2.15. The lowest BCUT2D eigenvalue weighted by Crippen LogP contribution is -2.16. The average molecular weight is 442 g/mol. The van der Waals surface area contributed by atoms with Crippen molar-refractivity contribution in [2.75, 3.05) is 18.9 Å². The van der Waals surface area contributed by atoms with Crippen LogP contribution in [0.1, 0.15) is 34.6 Å². The van der Waals surface area contributed by atoms with Crippen molar-refractivity contribution in [3.05, 3.63) is 52.5 Å². The Morgan fingerprint density at radius 2 is 1.62 bits per heavy atom. The highest BCUT2D eigenvalue weighted by Gasteiger charge is 2.23. The molecular formula is C19H20ClNO7S. The molecule has 2 aromatic carbocycles. The van der Waals surface area contributed by atoms with Crippen molar-refractivity contribution in [3.8, 4) is 5.75 Å². The Labute approximate surface area is 173 Å². The van der Waals surface area contributed by atoms with E-state index in [0.29, 0.717) is 0 Å². The summed E-state index contributed by atoms with van der Waals surface area (Å²) in [5.74, 6) is -1.15. The van der Waals surface area contributed by atoms with Gasteiger partial charge in [0.1, 0.15) is 10.6 Å². The van der Waals surface area contributed by atoms with E-state index in [0.717, 1.165) is 6.07 Å². The quantitative estimate of drug-likeness (QED) is 0.655. The topological polar surface area (TPSA) is 108 Å². The lowest BCUT2D eigenvalue weighted by atomic mass is 10.2. The molecule has 2 rings (SSSR count). The van der Waals surface area contributed by atoms with Gasteiger partial charge in [-0.25, -0.2) is 18.0 Å². The first-order valence-electron chi connectivity index (χ1n) is 8.38. The van der Waals surface area contributed by atoms with E-state index < -0.39 is 22.0 Å². The molecule has 29 heavy (non-hydrogen) atoms. The Hall–Kier alpha value is -2.78. The zero-order valence-corrected chi connectivity index (χ0v) is 17.8. The van der Waals surface area contributed by atoms with Crippen LogP contribution in [-0.4, -0.2) is 40.7 Å². The van der Waals surface area contributed by atoms with Gasteiger partial charge >= 0.3 is 11.9 Å². The maximum absolute atomic E-state index is 12.9. The van der Waals surface area contributed by atoms with E-state index in [-0.39, 0.29) is 38.6 Å². The molecule has 0 unspecified atom stereocenters. The largest absolute Gasteiger partial charge is 0.495 e. The summed E-state index contributed by atoms with van der Waals surface area (Å²) in [7, 11) is -1.70. The third-order valence-corrected chi connectivity index (χ3v) is 5.51. The fourth-order valence-electron chi connectivity index (χ4n) is 2.35. The third kappa shape index (κ3) is 5.39. The van der Waals surface area contributed by atoms with Crippen LogP contribution in [0.3, 0.4) is 0 Å². The molecule has 2 aromatic rings. The van der Waals surface area contributed by atoms with E-state index in [2.05, 4.69) is 9.46 Å². The molecule has 0 aliphatic rings. The number of ether oxygens (including phenoxy) is 3. The molecule has 10 heteroatoms. The molecule has 0 saturated carbocycles. The van der Waals surface area contributed by atoms with E-state index in [9.17, 15) is 18.0 Å². The minimum Gasteiger partial charge on any atom is -0.495 e. The molecular weight excluding hydrogens is 422 g/mol. The van der Waals surface area contributed by atoms with E-state index in [1.807, 2.05) is 0 Å². The molecule has 156 valence electrons. The van der Waals surface area contributed by atoms with E-state index in [4.69, 9.17) is 21.1 Å². The molecule has 0 radical (unpaired) electrons. The van der Waals surface area contributed by atoms with Gasteiger partial charge in [-0.1, -0.05) is 11.6 Å². The standard InChI is InChI=1S/C19H20ClNO7S/c1-11(2)28-19(23)12-6-8-16(26-3)15(9-12)21-29(24,25)17-10-13(18(22)27-4)5-7-14(17)20/h5-11,21H,1-4H3. The highest BCUT2D eigenvalue weighted by molar-refractivity contribution is 7.92. The second-order valence-corrected chi connectivity index (χ2v) is 8.17. The molecule has 0 spiro atoms. The minimum absolute atomic E-state index is 0.00486. The van der Waals surface area contributed by atoms with Crippen LogP contribution in [-0.2, 0) is 19.5 Å². The molecule has 0 fully saturated rings. The number of carbonyl (C=O) groups is 2. The van der Waals surface area contributed by atoms with Gasteiger partial charge in [-0.05, 0) is 50.2 Å². The van der Waals surface area contributed by atoms with Crippen molar-refractivity contribution in [3.63, 3.8) is 0 Å². The summed E-state index contributed by atoms with van der Waals surface area (Å²) in [6.45, 7) is 3.39. The van der Waals surface area contributed by atoms with Crippen molar-refractivity contribution < 1.29 is 32.2 Å². The van der Waals surface area contributed by atoms with Gasteiger partial charge < -0.3 is 14.2 Å². The zero-order valence-electron chi connectivity index (χ0n) is 16.2. The highest BCUT2D eigenvalue weighted by atomic mass is 35.5. The monoisotopic (exact) mass is 441 g/mol. The maximum atomic E-state index is 12.9. The van der Waals surface area contributed by atoms with Crippen LogP contribution in [0.4, 0.5) is 5.69 Å². The summed E-state index contributed by atoms with van der Waals surface area (Å²) in [4.78, 5) is 23.5. The number of sulfonamides is 1. The molecule has 0 bridgehead atoms. The third-order valence-electron chi connectivity index (χ3n) is 3.66. The van der Waals surface area contributed by atoms with E-state index in [1.54, 1.807) is 13.8 Å². The Bertz CT molecular complexity index is 1030. The number of hydrogen-bond acceptors (Lipinski definition) is 7. The van der Waals surface area contributed by atoms with E-state index in [1.165, 1.54) is 44.6 Å².